The number of amides is 1. The second-order valence-corrected chi connectivity index (χ2v) is 7.95. The lowest BCUT2D eigenvalue weighted by Crippen LogP contribution is -2.49. The molecule has 1 amide bonds. The van der Waals surface area contributed by atoms with E-state index in [2.05, 4.69) is 32.6 Å². The maximum atomic E-state index is 12.1. The highest BCUT2D eigenvalue weighted by Crippen LogP contribution is 2.26. The van der Waals surface area contributed by atoms with Crippen molar-refractivity contribution in [3.63, 3.8) is 0 Å². The number of carbonyl (C=O) groups is 1. The molecule has 1 aromatic carbocycles. The molecule has 2 unspecified atom stereocenters. The normalized spacial score (nSPS) is 20.8. The lowest BCUT2D eigenvalue weighted by atomic mass is 9.90. The molecule has 1 aromatic rings. The van der Waals surface area contributed by atoms with E-state index in [9.17, 15) is 4.79 Å². The number of nitrogens with zero attached hydrogens (tertiary/aromatic N) is 1. The Hall–Kier alpha value is -1.74. The molecule has 2 atom stereocenters. The first kappa shape index (κ1) is 18.6. The van der Waals surface area contributed by atoms with E-state index in [4.69, 9.17) is 10.00 Å². The van der Waals surface area contributed by atoms with E-state index in [0.29, 0.717) is 5.56 Å². The summed E-state index contributed by atoms with van der Waals surface area (Å²) in [4.78, 5) is 12.1. The molecule has 24 heavy (non-hydrogen) atoms. The summed E-state index contributed by atoms with van der Waals surface area (Å²) in [7, 11) is 0. The van der Waals surface area contributed by atoms with Crippen LogP contribution in [0.15, 0.2) is 22.7 Å². The number of ether oxygens (including phenoxy) is 1. The summed E-state index contributed by atoms with van der Waals surface area (Å²) in [5.41, 5.74) is 1.04. The first-order valence-electron chi connectivity index (χ1n) is 8.24. The number of benzene rings is 1. The highest BCUT2D eigenvalue weighted by Gasteiger charge is 2.28. The van der Waals surface area contributed by atoms with Crippen LogP contribution in [0.5, 0.6) is 0 Å². The topological polar surface area (TPSA) is 74.2 Å². The number of halogens is 1. The van der Waals surface area contributed by atoms with Crippen LogP contribution in [0, 0.1) is 11.3 Å². The zero-order valence-corrected chi connectivity index (χ0v) is 15.9. The Labute approximate surface area is 151 Å². The van der Waals surface area contributed by atoms with Crippen LogP contribution in [-0.4, -0.2) is 23.8 Å². The van der Waals surface area contributed by atoms with Crippen LogP contribution in [0.4, 0.5) is 10.5 Å². The van der Waals surface area contributed by atoms with Gasteiger partial charge in [-0.25, -0.2) is 4.79 Å². The smallest absolute Gasteiger partial charge is 0.407 e. The largest absolute Gasteiger partial charge is 0.444 e. The Bertz CT molecular complexity index is 634. The van der Waals surface area contributed by atoms with E-state index in [0.717, 1.165) is 35.8 Å². The van der Waals surface area contributed by atoms with Crippen molar-refractivity contribution in [2.75, 3.05) is 5.32 Å². The van der Waals surface area contributed by atoms with Crippen LogP contribution in [0.2, 0.25) is 0 Å². The lowest BCUT2D eigenvalue weighted by molar-refractivity contribution is 0.0488. The van der Waals surface area contributed by atoms with Crippen LogP contribution < -0.4 is 10.6 Å². The zero-order valence-electron chi connectivity index (χ0n) is 14.4. The molecule has 1 aliphatic carbocycles. The summed E-state index contributed by atoms with van der Waals surface area (Å²) in [6.45, 7) is 5.58. The van der Waals surface area contributed by atoms with Gasteiger partial charge in [-0.05, 0) is 67.7 Å². The van der Waals surface area contributed by atoms with Crippen LogP contribution >= 0.6 is 15.9 Å². The molecule has 2 rings (SSSR count). The number of nitrogens with one attached hydrogen (secondary N) is 2. The Kier molecular flexibility index (Phi) is 6.11. The Morgan fingerprint density at radius 1 is 1.29 bits per heavy atom. The molecule has 0 heterocycles. The highest BCUT2D eigenvalue weighted by molar-refractivity contribution is 9.10. The second kappa shape index (κ2) is 7.89. The molecule has 0 aliphatic heterocycles. The van der Waals surface area contributed by atoms with Gasteiger partial charge in [0.2, 0.25) is 0 Å². The first-order chi connectivity index (χ1) is 11.3. The summed E-state index contributed by atoms with van der Waals surface area (Å²) in [6, 6.07) is 7.88. The van der Waals surface area contributed by atoms with Crippen molar-refractivity contribution in [1.82, 2.24) is 5.32 Å². The van der Waals surface area contributed by atoms with Gasteiger partial charge in [-0.2, -0.15) is 5.26 Å². The van der Waals surface area contributed by atoms with E-state index in [-0.39, 0.29) is 18.2 Å². The molecule has 1 aliphatic rings. The third-order valence-electron chi connectivity index (χ3n) is 3.91. The molecule has 2 N–H and O–H groups in total. The van der Waals surface area contributed by atoms with Gasteiger partial charge in [-0.1, -0.05) is 12.8 Å². The third kappa shape index (κ3) is 5.41. The number of anilines is 1. The quantitative estimate of drug-likeness (QED) is 0.788. The number of alkyl carbamates (subject to hydrolysis) is 1. The Morgan fingerprint density at radius 2 is 1.96 bits per heavy atom. The van der Waals surface area contributed by atoms with Gasteiger partial charge in [0.15, 0.2) is 0 Å². The SMILES string of the molecule is CC(C)(C)OC(=O)NC1CCCCC1Nc1ccc(C#N)c(Br)c1. The fourth-order valence-corrected chi connectivity index (χ4v) is 3.31. The van der Waals surface area contributed by atoms with Gasteiger partial charge >= 0.3 is 6.09 Å². The lowest BCUT2D eigenvalue weighted by Gasteiger charge is -2.34. The van der Waals surface area contributed by atoms with Crippen molar-refractivity contribution in [2.45, 2.75) is 64.1 Å². The van der Waals surface area contributed by atoms with Crippen molar-refractivity contribution < 1.29 is 9.53 Å². The minimum absolute atomic E-state index is 0.0306. The highest BCUT2D eigenvalue weighted by atomic mass is 79.9. The molecular weight excluding hydrogens is 370 g/mol. The number of rotatable bonds is 3. The van der Waals surface area contributed by atoms with Crippen molar-refractivity contribution in [2.24, 2.45) is 0 Å². The van der Waals surface area contributed by atoms with E-state index >= 15 is 0 Å². The summed E-state index contributed by atoms with van der Waals surface area (Å²) in [5.74, 6) is 0. The van der Waals surface area contributed by atoms with Gasteiger partial charge in [0.25, 0.3) is 0 Å². The van der Waals surface area contributed by atoms with E-state index in [1.165, 1.54) is 0 Å². The van der Waals surface area contributed by atoms with Crippen LogP contribution in [0.1, 0.15) is 52.0 Å². The Morgan fingerprint density at radius 3 is 2.54 bits per heavy atom. The minimum atomic E-state index is -0.500. The molecule has 0 spiro atoms. The molecular formula is C18H24BrN3O2. The van der Waals surface area contributed by atoms with Gasteiger partial charge < -0.3 is 15.4 Å². The van der Waals surface area contributed by atoms with Crippen LogP contribution in [-0.2, 0) is 4.74 Å². The van der Waals surface area contributed by atoms with E-state index < -0.39 is 5.60 Å². The average molecular weight is 394 g/mol. The number of hydrogen-bond donors (Lipinski definition) is 2. The van der Waals surface area contributed by atoms with Gasteiger partial charge in [-0.15, -0.1) is 0 Å². The van der Waals surface area contributed by atoms with Crippen molar-refractivity contribution in [1.29, 1.82) is 5.26 Å². The van der Waals surface area contributed by atoms with Gasteiger partial charge in [0, 0.05) is 16.2 Å². The summed E-state index contributed by atoms with van der Waals surface area (Å²) in [6.07, 6.45) is 3.76. The van der Waals surface area contributed by atoms with Crippen molar-refractivity contribution in [3.8, 4) is 6.07 Å². The fraction of sp³-hybridized carbons (Fsp3) is 0.556. The maximum absolute atomic E-state index is 12.1. The minimum Gasteiger partial charge on any atom is -0.444 e. The zero-order chi connectivity index (χ0) is 17.7. The van der Waals surface area contributed by atoms with E-state index in [1.54, 1.807) is 6.07 Å². The predicted molar refractivity (Wildman–Crippen MR) is 97.9 cm³/mol. The van der Waals surface area contributed by atoms with Crippen molar-refractivity contribution >= 4 is 27.7 Å². The van der Waals surface area contributed by atoms with Crippen LogP contribution in [0.25, 0.3) is 0 Å². The van der Waals surface area contributed by atoms with Crippen LogP contribution in [0.3, 0.4) is 0 Å². The average Bonchev–Trinajstić information content (AvgIpc) is 2.47. The molecule has 6 heteroatoms. The fourth-order valence-electron chi connectivity index (χ4n) is 2.84. The molecule has 1 saturated carbocycles. The Balaban J connectivity index is 2.03. The molecule has 1 fully saturated rings. The summed E-state index contributed by atoms with van der Waals surface area (Å²) < 4.78 is 6.13. The van der Waals surface area contributed by atoms with Gasteiger partial charge in [0.05, 0.1) is 11.6 Å². The van der Waals surface area contributed by atoms with Gasteiger partial charge in [0.1, 0.15) is 11.7 Å². The number of hydrogen-bond acceptors (Lipinski definition) is 4. The maximum Gasteiger partial charge on any atom is 0.407 e. The predicted octanol–water partition coefficient (Wildman–Crippen LogP) is 4.57. The molecule has 130 valence electrons. The molecule has 0 radical (unpaired) electrons. The third-order valence-corrected chi connectivity index (χ3v) is 4.57. The standard InChI is InChI=1S/C18H24BrN3O2/c1-18(2,3)24-17(23)22-16-7-5-4-6-15(16)21-13-9-8-12(11-20)14(19)10-13/h8-10,15-16,21H,4-7H2,1-3H3,(H,22,23). The first-order valence-corrected chi connectivity index (χ1v) is 9.03. The number of carbonyl (C=O) groups excluding carboxylic acids is 1. The number of nitriles is 1. The molecule has 0 aromatic heterocycles. The van der Waals surface area contributed by atoms with Gasteiger partial charge in [-0.3, -0.25) is 0 Å². The monoisotopic (exact) mass is 393 g/mol. The summed E-state index contributed by atoms with van der Waals surface area (Å²) >= 11 is 3.41. The van der Waals surface area contributed by atoms with Crippen molar-refractivity contribution in [3.05, 3.63) is 28.2 Å². The molecule has 5 nitrogen and oxygen atoms in total. The van der Waals surface area contributed by atoms with E-state index in [1.807, 2.05) is 32.9 Å². The second-order valence-electron chi connectivity index (χ2n) is 7.09. The molecule has 0 bridgehead atoms. The summed E-state index contributed by atoms with van der Waals surface area (Å²) in [5, 5.41) is 15.5. The molecule has 0 saturated heterocycles.